The van der Waals surface area contributed by atoms with Crippen molar-refractivity contribution < 1.29 is 4.79 Å². The van der Waals surface area contributed by atoms with Crippen molar-refractivity contribution >= 4 is 17.2 Å². The fourth-order valence-corrected chi connectivity index (χ4v) is 2.50. The summed E-state index contributed by atoms with van der Waals surface area (Å²) in [6, 6.07) is 0.0584. The summed E-state index contributed by atoms with van der Waals surface area (Å²) in [5, 5.41) is 4.08. The first-order valence-electron chi connectivity index (χ1n) is 6.38. The molecule has 1 amide bonds. The van der Waals surface area contributed by atoms with Gasteiger partial charge in [-0.05, 0) is 34.2 Å². The summed E-state index contributed by atoms with van der Waals surface area (Å²) in [6.45, 7) is 8.75. The van der Waals surface area contributed by atoms with E-state index in [1.807, 2.05) is 38.9 Å². The van der Waals surface area contributed by atoms with E-state index in [-0.39, 0.29) is 18.0 Å². The van der Waals surface area contributed by atoms with Gasteiger partial charge in [0.2, 0.25) is 5.91 Å². The number of aryl methyl sites for hydroxylation is 1. The second-order valence-corrected chi connectivity index (χ2v) is 6.03. The van der Waals surface area contributed by atoms with E-state index in [0.717, 1.165) is 18.0 Å². The zero-order valence-electron chi connectivity index (χ0n) is 11.9. The molecule has 0 aromatic carbocycles. The summed E-state index contributed by atoms with van der Waals surface area (Å²) >= 11 is 1.72. The van der Waals surface area contributed by atoms with Gasteiger partial charge >= 0.3 is 0 Å². The minimum atomic E-state index is -0.125. The SMILES string of the molecule is CCc1ncc(CN(C)[C@@H](C)C(=O)NC(C)C)s1. The second kappa shape index (κ2) is 6.85. The molecular weight excluding hydrogens is 246 g/mol. The van der Waals surface area contributed by atoms with E-state index in [2.05, 4.69) is 17.2 Å². The number of likely N-dealkylation sites (N-methyl/N-ethyl adjacent to an activating group) is 1. The normalized spacial score (nSPS) is 13.1. The van der Waals surface area contributed by atoms with Crippen molar-refractivity contribution in [2.24, 2.45) is 0 Å². The van der Waals surface area contributed by atoms with Crippen molar-refractivity contribution in [1.29, 1.82) is 0 Å². The molecule has 1 atom stereocenters. The molecule has 1 heterocycles. The molecule has 0 spiro atoms. The summed E-state index contributed by atoms with van der Waals surface area (Å²) in [5.41, 5.74) is 0. The zero-order chi connectivity index (χ0) is 13.7. The molecule has 0 unspecified atom stereocenters. The number of hydrogen-bond donors (Lipinski definition) is 1. The lowest BCUT2D eigenvalue weighted by Gasteiger charge is -2.24. The third-order valence-electron chi connectivity index (χ3n) is 2.78. The molecule has 0 aliphatic carbocycles. The zero-order valence-corrected chi connectivity index (χ0v) is 12.7. The Hall–Kier alpha value is -0.940. The average Bonchev–Trinajstić information content (AvgIpc) is 2.74. The number of thiazole rings is 1. The van der Waals surface area contributed by atoms with Crippen molar-refractivity contribution in [2.45, 2.75) is 52.7 Å². The first-order chi connectivity index (χ1) is 8.43. The number of aromatic nitrogens is 1. The molecule has 18 heavy (non-hydrogen) atoms. The lowest BCUT2D eigenvalue weighted by molar-refractivity contribution is -0.126. The number of hydrogen-bond acceptors (Lipinski definition) is 4. The topological polar surface area (TPSA) is 45.2 Å². The van der Waals surface area contributed by atoms with Gasteiger partial charge in [-0.2, -0.15) is 0 Å². The molecule has 1 rings (SSSR count). The van der Waals surface area contributed by atoms with Crippen molar-refractivity contribution in [3.05, 3.63) is 16.1 Å². The molecule has 102 valence electrons. The summed E-state index contributed by atoms with van der Waals surface area (Å²) in [5.74, 6) is 0.0766. The molecule has 1 aromatic rings. The van der Waals surface area contributed by atoms with Crippen LogP contribution in [0.1, 0.15) is 37.6 Å². The van der Waals surface area contributed by atoms with Gasteiger partial charge in [-0.15, -0.1) is 11.3 Å². The van der Waals surface area contributed by atoms with Gasteiger partial charge in [-0.25, -0.2) is 4.98 Å². The highest BCUT2D eigenvalue weighted by Gasteiger charge is 2.19. The maximum atomic E-state index is 11.9. The Labute approximate surface area is 113 Å². The third kappa shape index (κ3) is 4.38. The largest absolute Gasteiger partial charge is 0.353 e. The summed E-state index contributed by atoms with van der Waals surface area (Å²) in [6.07, 6.45) is 2.88. The minimum Gasteiger partial charge on any atom is -0.353 e. The Morgan fingerprint density at radius 1 is 1.50 bits per heavy atom. The number of rotatable bonds is 6. The number of amides is 1. The van der Waals surface area contributed by atoms with Crippen molar-refractivity contribution in [3.8, 4) is 0 Å². The van der Waals surface area contributed by atoms with Gasteiger partial charge in [-0.1, -0.05) is 6.92 Å². The fraction of sp³-hybridized carbons (Fsp3) is 0.692. The summed E-state index contributed by atoms with van der Waals surface area (Å²) in [7, 11) is 1.97. The second-order valence-electron chi connectivity index (χ2n) is 4.83. The van der Waals surface area contributed by atoms with Crippen LogP contribution in [0.5, 0.6) is 0 Å². The Morgan fingerprint density at radius 2 is 2.17 bits per heavy atom. The van der Waals surface area contributed by atoms with E-state index in [1.54, 1.807) is 11.3 Å². The van der Waals surface area contributed by atoms with E-state index in [0.29, 0.717) is 0 Å². The molecule has 5 heteroatoms. The fourth-order valence-electron chi connectivity index (χ4n) is 1.57. The molecule has 0 bridgehead atoms. The van der Waals surface area contributed by atoms with Crippen molar-refractivity contribution in [2.75, 3.05) is 7.05 Å². The van der Waals surface area contributed by atoms with Crippen LogP contribution >= 0.6 is 11.3 Å². The molecule has 1 aromatic heterocycles. The van der Waals surface area contributed by atoms with E-state index >= 15 is 0 Å². The van der Waals surface area contributed by atoms with Crippen LogP contribution in [0.25, 0.3) is 0 Å². The lowest BCUT2D eigenvalue weighted by atomic mass is 10.2. The average molecular weight is 269 g/mol. The Kier molecular flexibility index (Phi) is 5.75. The van der Waals surface area contributed by atoms with Gasteiger partial charge in [0.15, 0.2) is 0 Å². The number of nitrogens with zero attached hydrogens (tertiary/aromatic N) is 2. The maximum absolute atomic E-state index is 11.9. The molecule has 0 aliphatic rings. The van der Waals surface area contributed by atoms with Gasteiger partial charge in [0.25, 0.3) is 0 Å². The highest BCUT2D eigenvalue weighted by atomic mass is 32.1. The molecule has 0 saturated carbocycles. The van der Waals surface area contributed by atoms with Gasteiger partial charge in [0.1, 0.15) is 0 Å². The van der Waals surface area contributed by atoms with E-state index in [4.69, 9.17) is 0 Å². The van der Waals surface area contributed by atoms with Crippen LogP contribution < -0.4 is 5.32 Å². The smallest absolute Gasteiger partial charge is 0.237 e. The minimum absolute atomic E-state index is 0.0766. The molecule has 0 fully saturated rings. The van der Waals surface area contributed by atoms with Crippen LogP contribution in [0, 0.1) is 0 Å². The molecule has 1 N–H and O–H groups in total. The van der Waals surface area contributed by atoms with Crippen LogP contribution in [0.3, 0.4) is 0 Å². The summed E-state index contributed by atoms with van der Waals surface area (Å²) < 4.78 is 0. The van der Waals surface area contributed by atoms with Crippen LogP contribution in [-0.2, 0) is 17.8 Å². The molecule has 0 radical (unpaired) electrons. The molecule has 0 aliphatic heterocycles. The van der Waals surface area contributed by atoms with E-state index in [9.17, 15) is 4.79 Å². The maximum Gasteiger partial charge on any atom is 0.237 e. The highest BCUT2D eigenvalue weighted by molar-refractivity contribution is 7.11. The van der Waals surface area contributed by atoms with E-state index < -0.39 is 0 Å². The van der Waals surface area contributed by atoms with Crippen LogP contribution in [0.4, 0.5) is 0 Å². The number of nitrogens with one attached hydrogen (secondary N) is 1. The first-order valence-corrected chi connectivity index (χ1v) is 7.19. The molecule has 0 saturated heterocycles. The predicted molar refractivity (Wildman–Crippen MR) is 75.7 cm³/mol. The predicted octanol–water partition coefficient (Wildman–Crippen LogP) is 2.05. The third-order valence-corrected chi connectivity index (χ3v) is 3.91. The van der Waals surface area contributed by atoms with Crippen LogP contribution in [0.2, 0.25) is 0 Å². The summed E-state index contributed by atoms with van der Waals surface area (Å²) in [4.78, 5) is 19.5. The molecular formula is C13H23N3OS. The quantitative estimate of drug-likeness (QED) is 0.859. The lowest BCUT2D eigenvalue weighted by Crippen LogP contribution is -2.45. The van der Waals surface area contributed by atoms with Gasteiger partial charge in [-0.3, -0.25) is 9.69 Å². The number of carbonyl (C=O) groups is 1. The van der Waals surface area contributed by atoms with Gasteiger partial charge in [0, 0.05) is 23.7 Å². The Bertz CT molecular complexity index is 389. The van der Waals surface area contributed by atoms with E-state index in [1.165, 1.54) is 4.88 Å². The van der Waals surface area contributed by atoms with Crippen molar-refractivity contribution in [3.63, 3.8) is 0 Å². The first kappa shape index (κ1) is 15.1. The van der Waals surface area contributed by atoms with Crippen LogP contribution in [-0.4, -0.2) is 34.9 Å². The van der Waals surface area contributed by atoms with Gasteiger partial charge in [0.05, 0.1) is 11.0 Å². The Balaban J connectivity index is 2.53. The molecule has 4 nitrogen and oxygen atoms in total. The monoisotopic (exact) mass is 269 g/mol. The van der Waals surface area contributed by atoms with Crippen molar-refractivity contribution in [1.82, 2.24) is 15.2 Å². The number of carbonyl (C=O) groups excluding carboxylic acids is 1. The van der Waals surface area contributed by atoms with Crippen LogP contribution in [0.15, 0.2) is 6.20 Å². The Morgan fingerprint density at radius 3 is 2.67 bits per heavy atom. The highest BCUT2D eigenvalue weighted by Crippen LogP contribution is 2.16. The standard InChI is InChI=1S/C13H23N3OS/c1-6-12-14-7-11(18-12)8-16(5)10(4)13(17)15-9(2)3/h7,9-10H,6,8H2,1-5H3,(H,15,17)/t10-/m0/s1. The van der Waals surface area contributed by atoms with Gasteiger partial charge < -0.3 is 5.32 Å².